The van der Waals surface area contributed by atoms with Crippen LogP contribution in [-0.4, -0.2) is 47.2 Å². The van der Waals surface area contributed by atoms with Crippen molar-refractivity contribution in [1.29, 1.82) is 0 Å². The van der Waals surface area contributed by atoms with Gasteiger partial charge in [0.1, 0.15) is 11.2 Å². The lowest BCUT2D eigenvalue weighted by atomic mass is 10.1. The van der Waals surface area contributed by atoms with E-state index in [0.717, 1.165) is 4.70 Å². The van der Waals surface area contributed by atoms with E-state index in [9.17, 15) is 14.9 Å². The normalized spacial score (nSPS) is 13.8. The number of amides is 1. The molecule has 1 aliphatic heterocycles. The van der Waals surface area contributed by atoms with E-state index in [2.05, 4.69) is 15.6 Å². The van der Waals surface area contributed by atoms with Gasteiger partial charge in [0.25, 0.3) is 11.6 Å². The van der Waals surface area contributed by atoms with E-state index in [4.69, 9.17) is 40.2 Å². The van der Waals surface area contributed by atoms with Gasteiger partial charge in [-0.1, -0.05) is 34.5 Å². The summed E-state index contributed by atoms with van der Waals surface area (Å²) in [6, 6.07) is 7.77. The van der Waals surface area contributed by atoms with Crippen molar-refractivity contribution in [3.63, 3.8) is 0 Å². The molecule has 9 nitrogen and oxygen atoms in total. The summed E-state index contributed by atoms with van der Waals surface area (Å²) >= 11 is 18.7. The molecule has 1 amide bonds. The number of hydrogen-bond acceptors (Lipinski definition) is 8. The molecule has 2 N–H and O–H groups in total. The number of carbonyl (C=O) groups excluding carboxylic acids is 1. The molecule has 1 saturated heterocycles. The Hall–Kier alpha value is -2.57. The van der Waals surface area contributed by atoms with Crippen molar-refractivity contribution in [3.05, 3.63) is 56.1 Å². The van der Waals surface area contributed by atoms with Gasteiger partial charge in [0.2, 0.25) is 0 Å². The number of thiazole rings is 1. The van der Waals surface area contributed by atoms with Crippen LogP contribution in [0.4, 0.5) is 16.5 Å². The first-order valence-electron chi connectivity index (χ1n) is 9.31. The number of hydrogen-bond donors (Lipinski definition) is 2. The molecule has 0 saturated carbocycles. The van der Waals surface area contributed by atoms with Gasteiger partial charge < -0.3 is 15.0 Å². The van der Waals surface area contributed by atoms with Crippen LogP contribution in [0.5, 0.6) is 0 Å². The van der Waals surface area contributed by atoms with Crippen LogP contribution in [0, 0.1) is 10.1 Å². The minimum Gasteiger partial charge on any atom is -0.378 e. The molecule has 1 aliphatic rings. The summed E-state index contributed by atoms with van der Waals surface area (Å²) in [5.41, 5.74) is 0.920. The molecule has 1 fully saturated rings. The van der Waals surface area contributed by atoms with Crippen molar-refractivity contribution >= 4 is 84.5 Å². The highest BCUT2D eigenvalue weighted by Gasteiger charge is 2.23. The maximum atomic E-state index is 12.6. The predicted molar refractivity (Wildman–Crippen MR) is 129 cm³/mol. The van der Waals surface area contributed by atoms with E-state index in [1.165, 1.54) is 23.5 Å². The lowest BCUT2D eigenvalue weighted by Crippen LogP contribution is -2.37. The number of anilines is 2. The number of aromatic nitrogens is 1. The fourth-order valence-electron chi connectivity index (χ4n) is 3.18. The van der Waals surface area contributed by atoms with Crippen LogP contribution in [0.1, 0.15) is 10.4 Å². The summed E-state index contributed by atoms with van der Waals surface area (Å²) < 4.78 is 6.09. The van der Waals surface area contributed by atoms with E-state index in [0.29, 0.717) is 52.7 Å². The van der Waals surface area contributed by atoms with Crippen molar-refractivity contribution in [2.45, 2.75) is 0 Å². The number of nitrogens with zero attached hydrogens (tertiary/aromatic N) is 3. The highest BCUT2D eigenvalue weighted by molar-refractivity contribution is 7.80. The van der Waals surface area contributed by atoms with Gasteiger partial charge in [-0.25, -0.2) is 4.98 Å². The minimum absolute atomic E-state index is 0.00353. The van der Waals surface area contributed by atoms with Crippen LogP contribution in [0.15, 0.2) is 30.3 Å². The summed E-state index contributed by atoms with van der Waals surface area (Å²) in [6.45, 7) is 2.06. The molecule has 0 radical (unpaired) electrons. The van der Waals surface area contributed by atoms with Crippen LogP contribution in [0.3, 0.4) is 0 Å². The molecule has 13 heteroatoms. The third-order valence-electron chi connectivity index (χ3n) is 4.69. The molecule has 0 bridgehead atoms. The molecule has 0 unspecified atom stereocenters. The summed E-state index contributed by atoms with van der Waals surface area (Å²) in [7, 11) is 0. The maximum absolute atomic E-state index is 12.6. The molecule has 0 atom stereocenters. The number of thiocarbonyl (C=S) groups is 1. The Labute approximate surface area is 201 Å². The summed E-state index contributed by atoms with van der Waals surface area (Å²) in [4.78, 5) is 29.9. The molecule has 0 spiro atoms. The lowest BCUT2D eigenvalue weighted by Gasteiger charge is -2.28. The molecule has 4 rings (SSSR count). The topological polar surface area (TPSA) is 110 Å². The van der Waals surface area contributed by atoms with Gasteiger partial charge in [-0.05, 0) is 36.5 Å². The van der Waals surface area contributed by atoms with Crippen LogP contribution >= 0.6 is 46.8 Å². The first kappa shape index (κ1) is 22.6. The lowest BCUT2D eigenvalue weighted by molar-refractivity contribution is -0.384. The number of fused-ring (bicyclic) bond motifs is 1. The Morgan fingerprint density at radius 3 is 2.72 bits per heavy atom. The fourth-order valence-corrected chi connectivity index (χ4v) is 4.73. The Morgan fingerprint density at radius 1 is 1.25 bits per heavy atom. The monoisotopic (exact) mass is 511 g/mol. The number of nitrogens with one attached hydrogen (secondary N) is 2. The number of carbonyl (C=O) groups is 1. The quantitative estimate of drug-likeness (QED) is 0.299. The van der Waals surface area contributed by atoms with Crippen molar-refractivity contribution in [3.8, 4) is 0 Å². The summed E-state index contributed by atoms with van der Waals surface area (Å²) in [5, 5.41) is 18.1. The zero-order valence-electron chi connectivity index (χ0n) is 16.3. The van der Waals surface area contributed by atoms with Crippen molar-refractivity contribution in [2.24, 2.45) is 0 Å². The molecule has 1 aromatic heterocycles. The number of halogens is 2. The van der Waals surface area contributed by atoms with Gasteiger partial charge in [0, 0.05) is 24.7 Å². The SMILES string of the molecule is O=C(NC(=S)Nc1nc2c(Cl)c(Cl)ccc2s1)c1ccc(N2CCOCC2)c([N+](=O)[O-])c1. The van der Waals surface area contributed by atoms with Gasteiger partial charge in [-0.2, -0.15) is 0 Å². The number of morpholine rings is 1. The number of nitro benzene ring substituents is 1. The standard InChI is InChI=1S/C19H15Cl2N5O4S2/c20-11-2-4-14-16(15(11)21)22-19(32-14)24-18(31)23-17(27)10-1-3-12(13(9-10)26(28)29)25-5-7-30-8-6-25/h1-4,9H,5-8H2,(H2,22,23,24,27,31). The highest BCUT2D eigenvalue weighted by Crippen LogP contribution is 2.35. The highest BCUT2D eigenvalue weighted by atomic mass is 35.5. The second-order valence-corrected chi connectivity index (χ2v) is 8.92. The molecule has 2 aromatic carbocycles. The zero-order chi connectivity index (χ0) is 22.8. The zero-order valence-corrected chi connectivity index (χ0v) is 19.4. The second-order valence-electron chi connectivity index (χ2n) is 6.70. The fraction of sp³-hybridized carbons (Fsp3) is 0.211. The van der Waals surface area contributed by atoms with E-state index >= 15 is 0 Å². The summed E-state index contributed by atoms with van der Waals surface area (Å²) in [5.74, 6) is -0.582. The summed E-state index contributed by atoms with van der Waals surface area (Å²) in [6.07, 6.45) is 0. The first-order valence-corrected chi connectivity index (χ1v) is 11.3. The average Bonchev–Trinajstić information content (AvgIpc) is 3.19. The minimum atomic E-state index is -0.582. The predicted octanol–water partition coefficient (Wildman–Crippen LogP) is 4.47. The molecule has 32 heavy (non-hydrogen) atoms. The molecule has 3 aromatic rings. The Morgan fingerprint density at radius 2 is 2.00 bits per heavy atom. The first-order chi connectivity index (χ1) is 15.3. The van der Waals surface area contributed by atoms with Crippen LogP contribution in [-0.2, 0) is 4.74 Å². The molecular weight excluding hydrogens is 497 g/mol. The van der Waals surface area contributed by atoms with Gasteiger partial charge in [0.05, 0.1) is 32.9 Å². The van der Waals surface area contributed by atoms with Crippen LogP contribution in [0.2, 0.25) is 10.0 Å². The van der Waals surface area contributed by atoms with Crippen molar-refractivity contribution in [2.75, 3.05) is 36.5 Å². The van der Waals surface area contributed by atoms with Gasteiger partial charge >= 0.3 is 0 Å². The second kappa shape index (κ2) is 9.51. The number of nitro groups is 1. The van der Waals surface area contributed by atoms with Crippen molar-refractivity contribution in [1.82, 2.24) is 10.3 Å². The van der Waals surface area contributed by atoms with Crippen molar-refractivity contribution < 1.29 is 14.5 Å². The molecular formula is C19H15Cl2N5O4S2. The maximum Gasteiger partial charge on any atom is 0.293 e. The number of benzene rings is 2. The van der Waals surface area contributed by atoms with Crippen LogP contribution < -0.4 is 15.5 Å². The third-order valence-corrected chi connectivity index (χ3v) is 6.62. The number of ether oxygens (including phenoxy) is 1. The van der Waals surface area contributed by atoms with Crippen LogP contribution in [0.25, 0.3) is 10.2 Å². The Balaban J connectivity index is 1.48. The Bertz CT molecular complexity index is 1230. The third kappa shape index (κ3) is 4.76. The van der Waals surface area contributed by atoms with E-state index in [-0.39, 0.29) is 16.4 Å². The smallest absolute Gasteiger partial charge is 0.293 e. The largest absolute Gasteiger partial charge is 0.378 e. The van der Waals surface area contributed by atoms with Gasteiger partial charge in [0.15, 0.2) is 10.2 Å². The Kier molecular flexibility index (Phi) is 6.72. The van der Waals surface area contributed by atoms with Gasteiger partial charge in [-0.15, -0.1) is 0 Å². The molecule has 0 aliphatic carbocycles. The van der Waals surface area contributed by atoms with E-state index in [1.807, 2.05) is 4.90 Å². The molecule has 2 heterocycles. The van der Waals surface area contributed by atoms with Gasteiger partial charge in [-0.3, -0.25) is 20.2 Å². The van der Waals surface area contributed by atoms with E-state index < -0.39 is 10.8 Å². The molecule has 166 valence electrons. The van der Waals surface area contributed by atoms with E-state index in [1.54, 1.807) is 18.2 Å². The average molecular weight is 512 g/mol. The number of rotatable bonds is 4.